The summed E-state index contributed by atoms with van der Waals surface area (Å²) < 4.78 is 5.26. The number of likely N-dealkylation sites (tertiary alicyclic amines) is 1. The first-order valence-corrected chi connectivity index (χ1v) is 11.0. The van der Waals surface area contributed by atoms with Crippen LogP contribution in [0.2, 0.25) is 0 Å². The summed E-state index contributed by atoms with van der Waals surface area (Å²) in [5, 5.41) is 0. The smallest absolute Gasteiger partial charge is 0.219 e. The van der Waals surface area contributed by atoms with Crippen molar-refractivity contribution in [3.63, 3.8) is 0 Å². The summed E-state index contributed by atoms with van der Waals surface area (Å²) in [4.78, 5) is 16.9. The second kappa shape index (κ2) is 9.65. The van der Waals surface area contributed by atoms with E-state index in [0.717, 1.165) is 37.2 Å². The summed E-state index contributed by atoms with van der Waals surface area (Å²) in [7, 11) is 3.89. The fourth-order valence-electron chi connectivity index (χ4n) is 4.97. The number of methoxy groups -OCH3 is 1. The van der Waals surface area contributed by atoms with Gasteiger partial charge in [-0.2, -0.15) is 0 Å². The van der Waals surface area contributed by atoms with Crippen LogP contribution in [0, 0.1) is 5.92 Å². The maximum Gasteiger partial charge on any atom is 0.219 e. The van der Waals surface area contributed by atoms with E-state index in [9.17, 15) is 4.79 Å². The van der Waals surface area contributed by atoms with Crippen LogP contribution in [0.15, 0.2) is 54.6 Å². The van der Waals surface area contributed by atoms with Crippen LogP contribution in [-0.2, 0) is 16.8 Å². The molecule has 3 atom stereocenters. The van der Waals surface area contributed by atoms with Gasteiger partial charge in [-0.15, -0.1) is 0 Å². The zero-order valence-electron chi connectivity index (χ0n) is 19.1. The van der Waals surface area contributed by atoms with Crippen LogP contribution in [0.3, 0.4) is 0 Å². The van der Waals surface area contributed by atoms with Gasteiger partial charge in [0.25, 0.3) is 0 Å². The van der Waals surface area contributed by atoms with E-state index in [1.807, 2.05) is 29.2 Å². The van der Waals surface area contributed by atoms with Crippen molar-refractivity contribution in [3.8, 4) is 5.75 Å². The van der Waals surface area contributed by atoms with E-state index in [4.69, 9.17) is 4.74 Å². The Kier molecular flexibility index (Phi) is 7.19. The highest BCUT2D eigenvalue weighted by Gasteiger charge is 2.43. The lowest BCUT2D eigenvalue weighted by Gasteiger charge is -2.50. The first-order valence-electron chi connectivity index (χ1n) is 11.0. The average Bonchev–Trinajstić information content (AvgIpc) is 2.75. The Balaban J connectivity index is 1.81. The van der Waals surface area contributed by atoms with Gasteiger partial charge in [-0.05, 0) is 56.0 Å². The summed E-state index contributed by atoms with van der Waals surface area (Å²) in [5.74, 6) is 1.49. The van der Waals surface area contributed by atoms with Crippen LogP contribution >= 0.6 is 0 Å². The Morgan fingerprint density at radius 1 is 1.13 bits per heavy atom. The molecule has 1 heterocycles. The molecule has 3 rings (SSSR count). The molecule has 1 fully saturated rings. The summed E-state index contributed by atoms with van der Waals surface area (Å²) in [6, 6.07) is 19.5. The first kappa shape index (κ1) is 22.4. The van der Waals surface area contributed by atoms with Crippen molar-refractivity contribution < 1.29 is 9.53 Å². The molecule has 0 aromatic heterocycles. The average molecular weight is 409 g/mol. The van der Waals surface area contributed by atoms with Crippen LogP contribution in [-0.4, -0.2) is 49.0 Å². The summed E-state index contributed by atoms with van der Waals surface area (Å²) in [6.07, 6.45) is 2.09. The van der Waals surface area contributed by atoms with Crippen LogP contribution < -0.4 is 4.74 Å². The zero-order chi connectivity index (χ0) is 21.7. The number of rotatable bonds is 7. The number of amides is 1. The first-order chi connectivity index (χ1) is 14.4. The third-order valence-electron chi connectivity index (χ3n) is 7.07. The molecule has 1 amide bonds. The molecular weight excluding hydrogens is 372 g/mol. The fraction of sp³-hybridized carbons (Fsp3) is 0.500. The third-order valence-corrected chi connectivity index (χ3v) is 7.07. The fourth-order valence-corrected chi connectivity index (χ4v) is 4.97. The van der Waals surface area contributed by atoms with E-state index in [2.05, 4.69) is 56.1 Å². The SMILES string of the molecule is COc1ccc(CN(CC[C@@]2(c3ccccc3)C[C@H](C)N(C)C[C@H]2C)C(C)=O)cc1. The zero-order valence-corrected chi connectivity index (χ0v) is 19.1. The molecule has 2 aromatic carbocycles. The molecule has 0 bridgehead atoms. The van der Waals surface area contributed by atoms with E-state index >= 15 is 0 Å². The Bertz CT molecular complexity index is 821. The van der Waals surface area contributed by atoms with Gasteiger partial charge in [-0.1, -0.05) is 49.4 Å². The van der Waals surface area contributed by atoms with Gasteiger partial charge in [0.15, 0.2) is 0 Å². The molecule has 0 radical (unpaired) electrons. The largest absolute Gasteiger partial charge is 0.497 e. The van der Waals surface area contributed by atoms with Crippen molar-refractivity contribution >= 4 is 5.91 Å². The second-order valence-corrected chi connectivity index (χ2v) is 8.95. The van der Waals surface area contributed by atoms with Crippen molar-refractivity contribution in [3.05, 3.63) is 65.7 Å². The lowest BCUT2D eigenvalue weighted by molar-refractivity contribution is -0.129. The minimum Gasteiger partial charge on any atom is -0.497 e. The van der Waals surface area contributed by atoms with E-state index in [1.165, 1.54) is 5.56 Å². The summed E-state index contributed by atoms with van der Waals surface area (Å²) in [5.41, 5.74) is 2.62. The van der Waals surface area contributed by atoms with Crippen LogP contribution in [0.1, 0.15) is 44.7 Å². The van der Waals surface area contributed by atoms with Gasteiger partial charge in [-0.25, -0.2) is 0 Å². The standard InChI is InChI=1S/C26H36N2O2/c1-20-18-27(4)21(2)17-26(20,24-9-7-6-8-10-24)15-16-28(22(3)29)19-23-11-13-25(30-5)14-12-23/h6-14,20-21H,15-19H2,1-5H3/t20-,21+,26-/m1/s1. The molecule has 4 nitrogen and oxygen atoms in total. The van der Waals surface area contributed by atoms with Gasteiger partial charge in [0.1, 0.15) is 5.75 Å². The summed E-state index contributed by atoms with van der Waals surface area (Å²) >= 11 is 0. The minimum atomic E-state index is 0.0841. The number of nitrogens with zero attached hydrogens (tertiary/aromatic N) is 2. The van der Waals surface area contributed by atoms with Crippen molar-refractivity contribution in [1.82, 2.24) is 9.80 Å². The quantitative estimate of drug-likeness (QED) is 0.664. The van der Waals surface area contributed by atoms with Crippen molar-refractivity contribution in [1.29, 1.82) is 0 Å². The van der Waals surface area contributed by atoms with Gasteiger partial charge >= 0.3 is 0 Å². The molecule has 0 unspecified atom stereocenters. The van der Waals surface area contributed by atoms with Gasteiger partial charge in [0.05, 0.1) is 7.11 Å². The highest BCUT2D eigenvalue weighted by atomic mass is 16.5. The third kappa shape index (κ3) is 4.86. The van der Waals surface area contributed by atoms with Crippen molar-refractivity contribution in [2.45, 2.75) is 51.6 Å². The van der Waals surface area contributed by atoms with Crippen molar-refractivity contribution in [2.24, 2.45) is 5.92 Å². The molecule has 2 aromatic rings. The highest BCUT2D eigenvalue weighted by Crippen LogP contribution is 2.44. The van der Waals surface area contributed by atoms with E-state index in [0.29, 0.717) is 18.5 Å². The molecule has 0 aliphatic carbocycles. The molecular formula is C26H36N2O2. The number of piperidine rings is 1. The highest BCUT2D eigenvalue weighted by molar-refractivity contribution is 5.73. The van der Waals surface area contributed by atoms with E-state index in [-0.39, 0.29) is 11.3 Å². The number of benzene rings is 2. The van der Waals surface area contributed by atoms with Crippen LogP contribution in [0.5, 0.6) is 5.75 Å². The predicted octanol–water partition coefficient (Wildman–Crippen LogP) is 4.73. The number of carbonyl (C=O) groups excluding carboxylic acids is 1. The molecule has 1 aliphatic heterocycles. The molecule has 4 heteroatoms. The normalized spacial score (nSPS) is 24.4. The van der Waals surface area contributed by atoms with Crippen LogP contribution in [0.4, 0.5) is 0 Å². The lowest BCUT2D eigenvalue weighted by atomic mass is 9.63. The van der Waals surface area contributed by atoms with Gasteiger partial charge in [0, 0.05) is 38.0 Å². The monoisotopic (exact) mass is 408 g/mol. The van der Waals surface area contributed by atoms with Crippen molar-refractivity contribution in [2.75, 3.05) is 27.2 Å². The van der Waals surface area contributed by atoms with Gasteiger partial charge in [0.2, 0.25) is 5.91 Å². The Morgan fingerprint density at radius 2 is 1.80 bits per heavy atom. The lowest BCUT2D eigenvalue weighted by Crippen LogP contribution is -2.52. The number of hydrogen-bond acceptors (Lipinski definition) is 3. The van der Waals surface area contributed by atoms with E-state index in [1.54, 1.807) is 14.0 Å². The minimum absolute atomic E-state index is 0.0841. The van der Waals surface area contributed by atoms with Gasteiger partial charge < -0.3 is 14.5 Å². The van der Waals surface area contributed by atoms with Crippen LogP contribution in [0.25, 0.3) is 0 Å². The second-order valence-electron chi connectivity index (χ2n) is 8.95. The maximum atomic E-state index is 12.5. The molecule has 0 spiro atoms. The van der Waals surface area contributed by atoms with Gasteiger partial charge in [-0.3, -0.25) is 4.79 Å². The molecule has 162 valence electrons. The molecule has 0 N–H and O–H groups in total. The Labute approximate surface area is 181 Å². The Hall–Kier alpha value is -2.33. The maximum absolute atomic E-state index is 12.5. The molecule has 30 heavy (non-hydrogen) atoms. The Morgan fingerprint density at radius 3 is 2.40 bits per heavy atom. The predicted molar refractivity (Wildman–Crippen MR) is 123 cm³/mol. The number of carbonyl (C=O) groups is 1. The summed E-state index contributed by atoms with van der Waals surface area (Å²) in [6.45, 7) is 8.85. The van der Waals surface area contributed by atoms with E-state index < -0.39 is 0 Å². The number of hydrogen-bond donors (Lipinski definition) is 0. The topological polar surface area (TPSA) is 32.8 Å². The number of ether oxygens (including phenoxy) is 1. The molecule has 0 saturated carbocycles. The molecule has 1 saturated heterocycles. The molecule has 1 aliphatic rings.